The molecule has 2 amide bonds. The zero-order valence-corrected chi connectivity index (χ0v) is 7.67. The van der Waals surface area contributed by atoms with Gasteiger partial charge < -0.3 is 15.4 Å². The van der Waals surface area contributed by atoms with Crippen molar-refractivity contribution >= 4 is 6.03 Å². The summed E-state index contributed by atoms with van der Waals surface area (Å²) in [6, 6.07) is -0.349. The molecule has 1 saturated heterocycles. The van der Waals surface area contributed by atoms with E-state index in [2.05, 4.69) is 0 Å². The SMILES string of the molecule is COC1(C)CCCN(C(N)=O)C1. The van der Waals surface area contributed by atoms with E-state index in [1.165, 1.54) is 0 Å². The van der Waals surface area contributed by atoms with Crippen LogP contribution in [0.1, 0.15) is 19.8 Å². The number of methoxy groups -OCH3 is 1. The number of carbonyl (C=O) groups excluding carboxylic acids is 1. The maximum absolute atomic E-state index is 10.9. The predicted molar refractivity (Wildman–Crippen MR) is 45.8 cm³/mol. The van der Waals surface area contributed by atoms with Gasteiger partial charge in [0.2, 0.25) is 0 Å². The van der Waals surface area contributed by atoms with Gasteiger partial charge in [-0.1, -0.05) is 0 Å². The molecule has 0 spiro atoms. The first kappa shape index (κ1) is 9.32. The summed E-state index contributed by atoms with van der Waals surface area (Å²) in [4.78, 5) is 12.5. The summed E-state index contributed by atoms with van der Waals surface area (Å²) in [6.07, 6.45) is 1.96. The van der Waals surface area contributed by atoms with Gasteiger partial charge in [-0.3, -0.25) is 0 Å². The molecule has 1 rings (SSSR count). The van der Waals surface area contributed by atoms with Crippen molar-refractivity contribution in [2.75, 3.05) is 20.2 Å². The molecule has 1 fully saturated rings. The molecule has 12 heavy (non-hydrogen) atoms. The molecule has 0 bridgehead atoms. The summed E-state index contributed by atoms with van der Waals surface area (Å²) in [5, 5.41) is 0. The fourth-order valence-corrected chi connectivity index (χ4v) is 1.56. The average molecular weight is 172 g/mol. The first-order valence-electron chi connectivity index (χ1n) is 4.17. The van der Waals surface area contributed by atoms with Gasteiger partial charge in [-0.05, 0) is 19.8 Å². The van der Waals surface area contributed by atoms with E-state index >= 15 is 0 Å². The molecule has 4 heteroatoms. The summed E-state index contributed by atoms with van der Waals surface area (Å²) in [7, 11) is 1.67. The fraction of sp³-hybridized carbons (Fsp3) is 0.875. The van der Waals surface area contributed by atoms with Crippen LogP contribution in [0.15, 0.2) is 0 Å². The second-order valence-electron chi connectivity index (χ2n) is 3.52. The van der Waals surface area contributed by atoms with E-state index in [4.69, 9.17) is 10.5 Å². The third-order valence-electron chi connectivity index (χ3n) is 2.46. The number of amides is 2. The standard InChI is InChI=1S/C8H16N2O2/c1-8(12-2)4-3-5-10(6-8)7(9)11/h3-6H2,1-2H3,(H2,9,11). The molecule has 1 unspecified atom stereocenters. The second-order valence-corrected chi connectivity index (χ2v) is 3.52. The van der Waals surface area contributed by atoms with Gasteiger partial charge in [-0.25, -0.2) is 4.79 Å². The van der Waals surface area contributed by atoms with Gasteiger partial charge in [0, 0.05) is 13.7 Å². The number of ether oxygens (including phenoxy) is 1. The van der Waals surface area contributed by atoms with Crippen molar-refractivity contribution in [1.29, 1.82) is 0 Å². The molecule has 0 saturated carbocycles. The molecule has 1 heterocycles. The number of urea groups is 1. The maximum Gasteiger partial charge on any atom is 0.314 e. The molecule has 1 aliphatic heterocycles. The molecular formula is C8H16N2O2. The van der Waals surface area contributed by atoms with Crippen LogP contribution in [0.5, 0.6) is 0 Å². The second kappa shape index (κ2) is 3.31. The molecular weight excluding hydrogens is 156 g/mol. The first-order valence-corrected chi connectivity index (χ1v) is 4.17. The number of hydrogen-bond acceptors (Lipinski definition) is 2. The Labute approximate surface area is 72.7 Å². The third kappa shape index (κ3) is 1.88. The monoisotopic (exact) mass is 172 g/mol. The lowest BCUT2D eigenvalue weighted by Crippen LogP contribution is -2.51. The summed E-state index contributed by atoms with van der Waals surface area (Å²) >= 11 is 0. The van der Waals surface area contributed by atoms with Gasteiger partial charge >= 0.3 is 6.03 Å². The largest absolute Gasteiger partial charge is 0.377 e. The van der Waals surface area contributed by atoms with Gasteiger partial charge in [0.05, 0.1) is 12.1 Å². The van der Waals surface area contributed by atoms with Gasteiger partial charge in [0.25, 0.3) is 0 Å². The van der Waals surface area contributed by atoms with Crippen LogP contribution < -0.4 is 5.73 Å². The lowest BCUT2D eigenvalue weighted by molar-refractivity contribution is -0.0393. The number of rotatable bonds is 1. The van der Waals surface area contributed by atoms with Gasteiger partial charge in [-0.2, -0.15) is 0 Å². The lowest BCUT2D eigenvalue weighted by Gasteiger charge is -2.38. The van der Waals surface area contributed by atoms with E-state index in [-0.39, 0.29) is 11.6 Å². The summed E-state index contributed by atoms with van der Waals surface area (Å²) < 4.78 is 5.31. The van der Waals surface area contributed by atoms with Crippen LogP contribution >= 0.6 is 0 Å². The smallest absolute Gasteiger partial charge is 0.314 e. The van der Waals surface area contributed by atoms with Crippen LogP contribution in [0.2, 0.25) is 0 Å². The fourth-order valence-electron chi connectivity index (χ4n) is 1.56. The van der Waals surface area contributed by atoms with Crippen molar-refractivity contribution < 1.29 is 9.53 Å². The Bertz CT molecular complexity index is 184. The molecule has 0 aliphatic carbocycles. The Kier molecular flexibility index (Phi) is 2.57. The van der Waals surface area contributed by atoms with Crippen molar-refractivity contribution in [3.05, 3.63) is 0 Å². The van der Waals surface area contributed by atoms with E-state index < -0.39 is 0 Å². The van der Waals surface area contributed by atoms with Crippen LogP contribution in [0, 0.1) is 0 Å². The quantitative estimate of drug-likeness (QED) is 0.628. The Morgan fingerprint density at radius 2 is 2.33 bits per heavy atom. The van der Waals surface area contributed by atoms with E-state index in [1.54, 1.807) is 12.0 Å². The number of nitrogens with zero attached hydrogens (tertiary/aromatic N) is 1. The minimum Gasteiger partial charge on any atom is -0.377 e. The van der Waals surface area contributed by atoms with Gasteiger partial charge in [-0.15, -0.1) is 0 Å². The zero-order chi connectivity index (χ0) is 9.19. The van der Waals surface area contributed by atoms with E-state index in [0.29, 0.717) is 6.54 Å². The van der Waals surface area contributed by atoms with Crippen LogP contribution in [-0.2, 0) is 4.74 Å². The molecule has 1 atom stereocenters. The minimum atomic E-state index is -0.349. The number of nitrogens with two attached hydrogens (primary N) is 1. The highest BCUT2D eigenvalue weighted by atomic mass is 16.5. The number of carbonyl (C=O) groups is 1. The highest BCUT2D eigenvalue weighted by molar-refractivity contribution is 5.72. The minimum absolute atomic E-state index is 0.201. The Morgan fingerprint density at radius 1 is 1.67 bits per heavy atom. The van der Waals surface area contributed by atoms with Crippen LogP contribution in [0.25, 0.3) is 0 Å². The van der Waals surface area contributed by atoms with E-state index in [9.17, 15) is 4.79 Å². The normalized spacial score (nSPS) is 30.3. The van der Waals surface area contributed by atoms with Crippen LogP contribution in [0.4, 0.5) is 4.79 Å². The Balaban J connectivity index is 2.57. The molecule has 2 N–H and O–H groups in total. The van der Waals surface area contributed by atoms with Gasteiger partial charge in [0.1, 0.15) is 0 Å². The highest BCUT2D eigenvalue weighted by Crippen LogP contribution is 2.23. The van der Waals surface area contributed by atoms with Crippen molar-refractivity contribution in [1.82, 2.24) is 4.90 Å². The van der Waals surface area contributed by atoms with Crippen molar-refractivity contribution in [2.24, 2.45) is 5.73 Å². The predicted octanol–water partition coefficient (Wildman–Crippen LogP) is 0.566. The highest BCUT2D eigenvalue weighted by Gasteiger charge is 2.31. The maximum atomic E-state index is 10.9. The molecule has 0 aromatic rings. The summed E-state index contributed by atoms with van der Waals surface area (Å²) in [5.41, 5.74) is 4.97. The van der Waals surface area contributed by atoms with Crippen LogP contribution in [-0.4, -0.2) is 36.7 Å². The van der Waals surface area contributed by atoms with E-state index in [0.717, 1.165) is 19.4 Å². The molecule has 70 valence electrons. The van der Waals surface area contributed by atoms with Gasteiger partial charge in [0.15, 0.2) is 0 Å². The molecule has 0 aromatic heterocycles. The van der Waals surface area contributed by atoms with Crippen molar-refractivity contribution in [2.45, 2.75) is 25.4 Å². The number of primary amides is 1. The Hall–Kier alpha value is -0.770. The van der Waals surface area contributed by atoms with Crippen LogP contribution in [0.3, 0.4) is 0 Å². The first-order chi connectivity index (χ1) is 5.57. The third-order valence-corrected chi connectivity index (χ3v) is 2.46. The van der Waals surface area contributed by atoms with Crippen molar-refractivity contribution in [3.63, 3.8) is 0 Å². The number of likely N-dealkylation sites (tertiary alicyclic amines) is 1. The lowest BCUT2D eigenvalue weighted by atomic mass is 9.95. The number of hydrogen-bond donors (Lipinski definition) is 1. The van der Waals surface area contributed by atoms with E-state index in [1.807, 2.05) is 6.92 Å². The summed E-state index contributed by atoms with van der Waals surface area (Å²) in [6.45, 7) is 3.37. The van der Waals surface area contributed by atoms with Crippen molar-refractivity contribution in [3.8, 4) is 0 Å². The molecule has 0 radical (unpaired) electrons. The average Bonchev–Trinajstić information content (AvgIpc) is 2.05. The topological polar surface area (TPSA) is 55.6 Å². The number of piperidine rings is 1. The Morgan fingerprint density at radius 3 is 2.83 bits per heavy atom. The summed E-state index contributed by atoms with van der Waals surface area (Å²) in [5.74, 6) is 0. The zero-order valence-electron chi connectivity index (χ0n) is 7.67. The molecule has 1 aliphatic rings. The molecule has 0 aromatic carbocycles. The molecule has 4 nitrogen and oxygen atoms in total.